The lowest BCUT2D eigenvalue weighted by atomic mass is 10.0. The van der Waals surface area contributed by atoms with Crippen molar-refractivity contribution in [1.82, 2.24) is 9.88 Å². The van der Waals surface area contributed by atoms with Crippen molar-refractivity contribution in [2.24, 2.45) is 0 Å². The lowest BCUT2D eigenvalue weighted by Crippen LogP contribution is -2.44. The van der Waals surface area contributed by atoms with Crippen LogP contribution >= 0.6 is 15.9 Å². The first-order valence-corrected chi connectivity index (χ1v) is 7.82. The number of pyridine rings is 1. The highest BCUT2D eigenvalue weighted by Crippen LogP contribution is 2.32. The summed E-state index contributed by atoms with van der Waals surface area (Å²) in [4.78, 5) is 6.77. The second-order valence-corrected chi connectivity index (χ2v) is 6.42. The molecule has 0 bridgehead atoms. The first-order valence-electron chi connectivity index (χ1n) is 7.03. The summed E-state index contributed by atoms with van der Waals surface area (Å²) in [5.41, 5.74) is 0.623. The number of likely N-dealkylation sites (tertiary alicyclic amines) is 1. The Morgan fingerprint density at radius 1 is 1.52 bits per heavy atom. The maximum atomic E-state index is 8.91. The molecule has 1 aliphatic rings. The fourth-order valence-electron chi connectivity index (χ4n) is 2.73. The molecule has 110 valence electrons. The van der Waals surface area contributed by atoms with Crippen molar-refractivity contribution in [1.29, 1.82) is 5.26 Å². The third kappa shape index (κ3) is 2.76. The Hall–Kier alpha value is -1.58. The molecule has 5 nitrogen and oxygen atoms in total. The monoisotopic (exact) mass is 348 g/mol. The second kappa shape index (κ2) is 5.66. The highest BCUT2D eigenvalue weighted by Gasteiger charge is 2.23. The van der Waals surface area contributed by atoms with Gasteiger partial charge in [0.1, 0.15) is 11.9 Å². The zero-order valence-electron chi connectivity index (χ0n) is 12.1. The largest absolute Gasteiger partial charge is 0.444 e. The van der Waals surface area contributed by atoms with Gasteiger partial charge in [0.15, 0.2) is 5.58 Å². The van der Waals surface area contributed by atoms with Gasteiger partial charge in [-0.2, -0.15) is 5.26 Å². The predicted molar refractivity (Wildman–Crippen MR) is 85.2 cm³/mol. The molecular formula is C15H17BrN4O. The van der Waals surface area contributed by atoms with Crippen LogP contribution in [0.4, 0.5) is 5.82 Å². The number of nitriles is 1. The topological polar surface area (TPSA) is 65.1 Å². The van der Waals surface area contributed by atoms with E-state index in [1.54, 1.807) is 12.3 Å². The van der Waals surface area contributed by atoms with Crippen molar-refractivity contribution >= 4 is 32.7 Å². The van der Waals surface area contributed by atoms with E-state index in [1.165, 1.54) is 6.42 Å². The number of fused-ring (bicyclic) bond motifs is 1. The minimum Gasteiger partial charge on any atom is -0.444 e. The van der Waals surface area contributed by atoms with Gasteiger partial charge >= 0.3 is 0 Å². The van der Waals surface area contributed by atoms with Gasteiger partial charge < -0.3 is 14.6 Å². The van der Waals surface area contributed by atoms with E-state index in [2.05, 4.69) is 45.1 Å². The fourth-order valence-corrected chi connectivity index (χ4v) is 3.26. The first-order chi connectivity index (χ1) is 10.1. The van der Waals surface area contributed by atoms with Gasteiger partial charge in [-0.3, -0.25) is 0 Å². The van der Waals surface area contributed by atoms with E-state index in [9.17, 15) is 0 Å². The Kier molecular flexibility index (Phi) is 3.87. The van der Waals surface area contributed by atoms with Crippen LogP contribution in [-0.4, -0.2) is 35.6 Å². The number of rotatable bonds is 2. The Bertz CT molecular complexity index is 705. The van der Waals surface area contributed by atoms with E-state index in [4.69, 9.17) is 9.68 Å². The molecule has 0 amide bonds. The van der Waals surface area contributed by atoms with Gasteiger partial charge in [-0.25, -0.2) is 4.98 Å². The standard InChI is InChI=1S/C15H17BrN4O/c1-9-3-4-10(8-20(9)2)19-15-14(16)12-5-11(6-17)21-13(12)7-18-15/h5,7,9-10H,3-4,8H2,1-2H3,(H,18,19)/t9-,10+/m1/s1. The summed E-state index contributed by atoms with van der Waals surface area (Å²) in [7, 11) is 2.15. The Labute approximate surface area is 132 Å². The van der Waals surface area contributed by atoms with Gasteiger partial charge in [0.2, 0.25) is 5.76 Å². The van der Waals surface area contributed by atoms with E-state index in [-0.39, 0.29) is 0 Å². The summed E-state index contributed by atoms with van der Waals surface area (Å²) in [6, 6.07) is 4.77. The van der Waals surface area contributed by atoms with Crippen molar-refractivity contribution < 1.29 is 4.42 Å². The van der Waals surface area contributed by atoms with E-state index in [1.807, 2.05) is 6.07 Å². The van der Waals surface area contributed by atoms with Gasteiger partial charge in [-0.05, 0) is 42.7 Å². The third-order valence-corrected chi connectivity index (χ3v) is 4.96. The molecule has 2 aromatic heterocycles. The van der Waals surface area contributed by atoms with Gasteiger partial charge in [-0.1, -0.05) is 0 Å². The SMILES string of the molecule is C[C@@H]1CC[C@H](Nc2ncc3oc(C#N)cc3c2Br)CN1C. The maximum Gasteiger partial charge on any atom is 0.204 e. The summed E-state index contributed by atoms with van der Waals surface area (Å²) in [5, 5.41) is 13.3. The van der Waals surface area contributed by atoms with E-state index in [0.29, 0.717) is 23.4 Å². The van der Waals surface area contributed by atoms with Crippen LogP contribution in [0.25, 0.3) is 11.0 Å². The van der Waals surface area contributed by atoms with Crippen LogP contribution in [0.15, 0.2) is 21.2 Å². The lowest BCUT2D eigenvalue weighted by molar-refractivity contribution is 0.188. The molecule has 3 heterocycles. The number of likely N-dealkylation sites (N-methyl/N-ethyl adjacent to an activating group) is 1. The van der Waals surface area contributed by atoms with Crippen molar-refractivity contribution in [2.75, 3.05) is 18.9 Å². The number of piperidine rings is 1. The molecule has 0 saturated carbocycles. The van der Waals surface area contributed by atoms with Gasteiger partial charge in [0, 0.05) is 30.1 Å². The minimum atomic E-state index is 0.302. The smallest absolute Gasteiger partial charge is 0.204 e. The molecule has 0 unspecified atom stereocenters. The molecule has 1 fully saturated rings. The molecule has 0 aliphatic carbocycles. The number of halogens is 1. The van der Waals surface area contributed by atoms with Gasteiger partial charge in [0.05, 0.1) is 10.7 Å². The number of hydrogen-bond acceptors (Lipinski definition) is 5. The summed E-state index contributed by atoms with van der Waals surface area (Å²) < 4.78 is 6.24. The van der Waals surface area contributed by atoms with Crippen LogP contribution in [0, 0.1) is 11.3 Å². The molecule has 6 heteroatoms. The molecule has 0 aromatic carbocycles. The van der Waals surface area contributed by atoms with Crippen LogP contribution in [0.5, 0.6) is 0 Å². The van der Waals surface area contributed by atoms with Gasteiger partial charge in [-0.15, -0.1) is 0 Å². The third-order valence-electron chi connectivity index (χ3n) is 4.16. The zero-order chi connectivity index (χ0) is 15.0. The van der Waals surface area contributed by atoms with Crippen molar-refractivity contribution in [2.45, 2.75) is 31.8 Å². The van der Waals surface area contributed by atoms with Crippen LogP contribution < -0.4 is 5.32 Å². The molecule has 3 rings (SSSR count). The average molecular weight is 349 g/mol. The van der Waals surface area contributed by atoms with E-state index >= 15 is 0 Å². The second-order valence-electron chi connectivity index (χ2n) is 5.63. The molecule has 0 spiro atoms. The fraction of sp³-hybridized carbons (Fsp3) is 0.467. The molecule has 1 aliphatic heterocycles. The van der Waals surface area contributed by atoms with E-state index < -0.39 is 0 Å². The quantitative estimate of drug-likeness (QED) is 0.901. The summed E-state index contributed by atoms with van der Waals surface area (Å²) in [5.74, 6) is 1.11. The highest BCUT2D eigenvalue weighted by molar-refractivity contribution is 9.10. The van der Waals surface area contributed by atoms with Crippen LogP contribution in [-0.2, 0) is 0 Å². The Balaban J connectivity index is 1.84. The molecule has 21 heavy (non-hydrogen) atoms. The molecule has 0 radical (unpaired) electrons. The summed E-state index contributed by atoms with van der Waals surface area (Å²) in [6.45, 7) is 3.26. The van der Waals surface area contributed by atoms with E-state index in [0.717, 1.165) is 28.6 Å². The molecule has 1 saturated heterocycles. The van der Waals surface area contributed by atoms with Crippen molar-refractivity contribution in [3.05, 3.63) is 22.5 Å². The van der Waals surface area contributed by atoms with Crippen LogP contribution in [0.3, 0.4) is 0 Å². The number of aromatic nitrogens is 1. The Morgan fingerprint density at radius 2 is 2.33 bits per heavy atom. The zero-order valence-corrected chi connectivity index (χ0v) is 13.6. The lowest BCUT2D eigenvalue weighted by Gasteiger charge is -2.35. The molecule has 2 aromatic rings. The molecule has 2 atom stereocenters. The van der Waals surface area contributed by atoms with Crippen molar-refractivity contribution in [3.63, 3.8) is 0 Å². The highest BCUT2D eigenvalue weighted by atomic mass is 79.9. The normalized spacial score (nSPS) is 23.1. The molecule has 1 N–H and O–H groups in total. The predicted octanol–water partition coefficient (Wildman–Crippen LogP) is 3.36. The Morgan fingerprint density at radius 3 is 3.05 bits per heavy atom. The average Bonchev–Trinajstić information content (AvgIpc) is 2.90. The number of anilines is 1. The number of nitrogens with zero attached hydrogens (tertiary/aromatic N) is 3. The maximum absolute atomic E-state index is 8.91. The van der Waals surface area contributed by atoms with Crippen LogP contribution in [0.1, 0.15) is 25.5 Å². The molecular weight excluding hydrogens is 332 g/mol. The first kappa shape index (κ1) is 14.4. The van der Waals surface area contributed by atoms with Crippen molar-refractivity contribution in [3.8, 4) is 6.07 Å². The van der Waals surface area contributed by atoms with Gasteiger partial charge in [0.25, 0.3) is 0 Å². The number of furan rings is 1. The van der Waals surface area contributed by atoms with Crippen LogP contribution in [0.2, 0.25) is 0 Å². The minimum absolute atomic E-state index is 0.302. The number of hydrogen-bond donors (Lipinski definition) is 1. The summed E-state index contributed by atoms with van der Waals surface area (Å²) in [6.07, 6.45) is 3.98. The summed E-state index contributed by atoms with van der Waals surface area (Å²) >= 11 is 3.57. The number of nitrogens with one attached hydrogen (secondary N) is 1.